The Bertz CT molecular complexity index is 650. The Hall–Kier alpha value is -0.340. The first-order valence-electron chi connectivity index (χ1n) is 5.56. The fourth-order valence-corrected chi connectivity index (χ4v) is 4.77. The van der Waals surface area contributed by atoms with Crippen LogP contribution in [-0.2, 0) is 14.8 Å². The summed E-state index contributed by atoms with van der Waals surface area (Å²) in [6, 6.07) is 2.82. The van der Waals surface area contributed by atoms with E-state index in [1.807, 2.05) is 0 Å². The number of sulfonamides is 1. The Kier molecular flexibility index (Phi) is 4.37. The van der Waals surface area contributed by atoms with Crippen LogP contribution in [0.5, 0.6) is 0 Å². The third-order valence-electron chi connectivity index (χ3n) is 3.14. The lowest BCUT2D eigenvalue weighted by atomic mass is 10.1. The van der Waals surface area contributed by atoms with Crippen molar-refractivity contribution in [1.82, 2.24) is 4.72 Å². The average Bonchev–Trinajstić information content (AvgIpc) is 3.05. The van der Waals surface area contributed by atoms with Crippen molar-refractivity contribution in [1.29, 1.82) is 0 Å². The maximum atomic E-state index is 12.2. The van der Waals surface area contributed by atoms with E-state index in [1.165, 1.54) is 12.1 Å². The van der Waals surface area contributed by atoms with Gasteiger partial charge in [0.25, 0.3) is 0 Å². The molecule has 2 N–H and O–H groups in total. The third kappa shape index (κ3) is 3.12. The number of benzene rings is 1. The minimum absolute atomic E-state index is 0.0305. The van der Waals surface area contributed by atoms with Crippen LogP contribution in [0.15, 0.2) is 21.5 Å². The van der Waals surface area contributed by atoms with E-state index in [4.69, 9.17) is 28.3 Å². The summed E-state index contributed by atoms with van der Waals surface area (Å²) < 4.78 is 27.2. The van der Waals surface area contributed by atoms with E-state index in [0.717, 1.165) is 0 Å². The third-order valence-corrected chi connectivity index (χ3v) is 5.92. The first-order chi connectivity index (χ1) is 9.18. The van der Waals surface area contributed by atoms with E-state index >= 15 is 0 Å². The molecule has 0 radical (unpaired) electrons. The summed E-state index contributed by atoms with van der Waals surface area (Å²) in [5, 5.41) is 8.96. The summed E-state index contributed by atoms with van der Waals surface area (Å²) in [5.74, 6) is -1.01. The van der Waals surface area contributed by atoms with Crippen LogP contribution in [0.3, 0.4) is 0 Å². The molecule has 1 aromatic carbocycles. The molecule has 0 saturated heterocycles. The zero-order valence-corrected chi connectivity index (χ0v) is 13.9. The van der Waals surface area contributed by atoms with Crippen molar-refractivity contribution in [3.05, 3.63) is 26.7 Å². The smallest absolute Gasteiger partial charge is 0.310 e. The number of carbonyl (C=O) groups is 1. The van der Waals surface area contributed by atoms with Crippen molar-refractivity contribution >= 4 is 55.1 Å². The van der Waals surface area contributed by atoms with E-state index < -0.39 is 21.4 Å². The largest absolute Gasteiger partial charge is 0.481 e. The topological polar surface area (TPSA) is 83.5 Å². The van der Waals surface area contributed by atoms with Crippen LogP contribution < -0.4 is 4.72 Å². The van der Waals surface area contributed by atoms with Gasteiger partial charge in [0.05, 0.1) is 15.5 Å². The molecule has 9 heteroatoms. The van der Waals surface area contributed by atoms with Crippen LogP contribution in [0.2, 0.25) is 10.0 Å². The Morgan fingerprint density at radius 3 is 2.25 bits per heavy atom. The summed E-state index contributed by atoms with van der Waals surface area (Å²) >= 11 is 14.9. The molecule has 1 aliphatic rings. The van der Waals surface area contributed by atoms with E-state index in [-0.39, 0.29) is 21.5 Å². The molecule has 0 amide bonds. The van der Waals surface area contributed by atoms with Crippen molar-refractivity contribution in [2.45, 2.75) is 17.7 Å². The molecule has 0 aromatic heterocycles. The first kappa shape index (κ1) is 16.0. The quantitative estimate of drug-likeness (QED) is 0.792. The average molecular weight is 403 g/mol. The van der Waals surface area contributed by atoms with Gasteiger partial charge in [-0.2, -0.15) is 0 Å². The van der Waals surface area contributed by atoms with Crippen molar-refractivity contribution < 1.29 is 18.3 Å². The van der Waals surface area contributed by atoms with Gasteiger partial charge in [0, 0.05) is 11.0 Å². The molecule has 0 aliphatic heterocycles. The number of carboxylic acids is 1. The van der Waals surface area contributed by atoms with Crippen LogP contribution in [0, 0.1) is 5.41 Å². The zero-order chi connectivity index (χ0) is 15.1. The van der Waals surface area contributed by atoms with Gasteiger partial charge in [-0.3, -0.25) is 4.79 Å². The molecular weight excluding hydrogens is 393 g/mol. The molecule has 20 heavy (non-hydrogen) atoms. The molecule has 1 aliphatic carbocycles. The molecule has 5 nitrogen and oxygen atoms in total. The van der Waals surface area contributed by atoms with Crippen LogP contribution in [-0.4, -0.2) is 26.0 Å². The second kappa shape index (κ2) is 5.46. The van der Waals surface area contributed by atoms with Gasteiger partial charge in [0.2, 0.25) is 10.0 Å². The monoisotopic (exact) mass is 401 g/mol. The molecule has 2 rings (SSSR count). The highest BCUT2D eigenvalue weighted by Gasteiger charge is 2.50. The Labute approximate surface area is 134 Å². The highest BCUT2D eigenvalue weighted by Crippen LogP contribution is 2.45. The van der Waals surface area contributed by atoms with Gasteiger partial charge in [-0.15, -0.1) is 0 Å². The maximum Gasteiger partial charge on any atom is 0.310 e. The number of hydrogen-bond donors (Lipinski definition) is 2. The molecule has 1 fully saturated rings. The Balaban J connectivity index is 2.26. The summed E-state index contributed by atoms with van der Waals surface area (Å²) in [4.78, 5) is 10.8. The van der Waals surface area contributed by atoms with Crippen LogP contribution in [0.1, 0.15) is 12.8 Å². The first-order valence-corrected chi connectivity index (χ1v) is 8.59. The fourth-order valence-electron chi connectivity index (χ4n) is 1.71. The number of hydrogen-bond acceptors (Lipinski definition) is 3. The number of halogens is 3. The minimum Gasteiger partial charge on any atom is -0.481 e. The molecule has 0 heterocycles. The number of aliphatic carboxylic acids is 1. The van der Waals surface area contributed by atoms with Gasteiger partial charge >= 0.3 is 5.97 Å². The lowest BCUT2D eigenvalue weighted by molar-refractivity contribution is -0.143. The van der Waals surface area contributed by atoms with Gasteiger partial charge < -0.3 is 5.11 Å². The van der Waals surface area contributed by atoms with Gasteiger partial charge in [-0.1, -0.05) is 39.1 Å². The van der Waals surface area contributed by atoms with E-state index in [2.05, 4.69) is 20.7 Å². The number of carboxylic acid groups (broad SMARTS) is 1. The van der Waals surface area contributed by atoms with Crippen LogP contribution in [0.4, 0.5) is 0 Å². The van der Waals surface area contributed by atoms with Crippen molar-refractivity contribution in [3.8, 4) is 0 Å². The Morgan fingerprint density at radius 1 is 1.35 bits per heavy atom. The van der Waals surface area contributed by atoms with Gasteiger partial charge in [-0.25, -0.2) is 13.1 Å². The molecule has 0 atom stereocenters. The van der Waals surface area contributed by atoms with Crippen LogP contribution >= 0.6 is 39.1 Å². The SMILES string of the molecule is O=C(O)C1(CNS(=O)(=O)c2c(Cl)cc(Br)cc2Cl)CC1. The Morgan fingerprint density at radius 2 is 1.85 bits per heavy atom. The lowest BCUT2D eigenvalue weighted by Crippen LogP contribution is -2.34. The number of nitrogens with one attached hydrogen (secondary N) is 1. The van der Waals surface area contributed by atoms with Gasteiger partial charge in [0.15, 0.2) is 0 Å². The van der Waals surface area contributed by atoms with E-state index in [0.29, 0.717) is 17.3 Å². The van der Waals surface area contributed by atoms with Crippen molar-refractivity contribution in [2.75, 3.05) is 6.54 Å². The molecular formula is C11H10BrCl2NO4S. The maximum absolute atomic E-state index is 12.2. The van der Waals surface area contributed by atoms with E-state index in [1.54, 1.807) is 0 Å². The van der Waals surface area contributed by atoms with Crippen molar-refractivity contribution in [2.24, 2.45) is 5.41 Å². The molecule has 0 bridgehead atoms. The summed E-state index contributed by atoms with van der Waals surface area (Å²) in [6.07, 6.45) is 0.902. The second-order valence-corrected chi connectivity index (χ2v) is 8.04. The molecule has 0 spiro atoms. The molecule has 1 aromatic rings. The fraction of sp³-hybridized carbons (Fsp3) is 0.364. The minimum atomic E-state index is -3.96. The highest BCUT2D eigenvalue weighted by molar-refractivity contribution is 9.10. The number of rotatable bonds is 5. The molecule has 0 unspecified atom stereocenters. The van der Waals surface area contributed by atoms with Crippen LogP contribution in [0.25, 0.3) is 0 Å². The molecule has 1 saturated carbocycles. The summed E-state index contributed by atoms with van der Waals surface area (Å²) in [7, 11) is -3.96. The molecule has 110 valence electrons. The lowest BCUT2D eigenvalue weighted by Gasteiger charge is -2.13. The predicted octanol–water partition coefficient (Wildman–Crippen LogP) is 2.90. The standard InChI is InChI=1S/C11H10BrCl2NO4S/c12-6-3-7(13)9(8(14)4-6)20(18,19)15-5-11(1-2-11)10(16)17/h3-4,15H,1-2,5H2,(H,16,17). The van der Waals surface area contributed by atoms with Crippen molar-refractivity contribution in [3.63, 3.8) is 0 Å². The van der Waals surface area contributed by atoms with E-state index in [9.17, 15) is 13.2 Å². The summed E-state index contributed by atoms with van der Waals surface area (Å²) in [5.41, 5.74) is -0.999. The second-order valence-electron chi connectivity index (χ2n) is 4.61. The summed E-state index contributed by atoms with van der Waals surface area (Å²) in [6.45, 7) is -0.173. The predicted molar refractivity (Wildman–Crippen MR) is 78.7 cm³/mol. The normalized spacial score (nSPS) is 16.9. The van der Waals surface area contributed by atoms with Gasteiger partial charge in [-0.05, 0) is 25.0 Å². The highest BCUT2D eigenvalue weighted by atomic mass is 79.9. The van der Waals surface area contributed by atoms with Gasteiger partial charge in [0.1, 0.15) is 4.90 Å². The zero-order valence-electron chi connectivity index (χ0n) is 9.99.